The zero-order valence-electron chi connectivity index (χ0n) is 10.0. The average molecular weight is 306 g/mol. The van der Waals surface area contributed by atoms with Crippen LogP contribution >= 0.6 is 15.9 Å². The highest BCUT2D eigenvalue weighted by molar-refractivity contribution is 9.10. The van der Waals surface area contributed by atoms with Crippen LogP contribution in [0.15, 0.2) is 59.1 Å². The maximum absolute atomic E-state index is 10.7. The molecule has 0 spiro atoms. The number of halogens is 1. The Kier molecular flexibility index (Phi) is 4.17. The van der Waals surface area contributed by atoms with Crippen molar-refractivity contribution < 1.29 is 5.11 Å². The van der Waals surface area contributed by atoms with Crippen molar-refractivity contribution in [1.29, 1.82) is 0 Å². The fourth-order valence-electron chi connectivity index (χ4n) is 1.98. The van der Waals surface area contributed by atoms with Gasteiger partial charge in [0.1, 0.15) is 5.60 Å². The van der Waals surface area contributed by atoms with E-state index in [1.807, 2.05) is 54.6 Å². The summed E-state index contributed by atoms with van der Waals surface area (Å²) in [6.07, 6.45) is 0.515. The van der Waals surface area contributed by atoms with Gasteiger partial charge in [0.05, 0.1) is 0 Å². The summed E-state index contributed by atoms with van der Waals surface area (Å²) in [5.74, 6) is 0. The molecule has 0 saturated heterocycles. The minimum atomic E-state index is -1.00. The van der Waals surface area contributed by atoms with Crippen molar-refractivity contribution in [3.05, 3.63) is 70.2 Å². The van der Waals surface area contributed by atoms with Crippen molar-refractivity contribution in [2.24, 2.45) is 5.73 Å². The summed E-state index contributed by atoms with van der Waals surface area (Å²) in [5.41, 5.74) is 6.67. The van der Waals surface area contributed by atoms with E-state index in [-0.39, 0.29) is 6.54 Å². The molecule has 2 aromatic rings. The zero-order chi connectivity index (χ0) is 13.0. The van der Waals surface area contributed by atoms with Gasteiger partial charge in [-0.1, -0.05) is 58.4 Å². The van der Waals surface area contributed by atoms with Crippen molar-refractivity contribution in [3.63, 3.8) is 0 Å². The van der Waals surface area contributed by atoms with Gasteiger partial charge < -0.3 is 10.8 Å². The topological polar surface area (TPSA) is 46.2 Å². The van der Waals surface area contributed by atoms with Crippen molar-refractivity contribution in [1.82, 2.24) is 0 Å². The van der Waals surface area contributed by atoms with E-state index >= 15 is 0 Å². The van der Waals surface area contributed by atoms with Crippen LogP contribution in [0.4, 0.5) is 0 Å². The third-order valence-corrected chi connectivity index (χ3v) is 3.59. The molecule has 0 aromatic heterocycles. The molecule has 0 amide bonds. The summed E-state index contributed by atoms with van der Waals surface area (Å²) in [6.45, 7) is 0.201. The Bertz CT molecular complexity index is 498. The molecule has 0 aliphatic heterocycles. The summed E-state index contributed by atoms with van der Waals surface area (Å²) < 4.78 is 1.03. The van der Waals surface area contributed by atoms with Gasteiger partial charge in [-0.25, -0.2) is 0 Å². The van der Waals surface area contributed by atoms with Gasteiger partial charge in [-0.2, -0.15) is 0 Å². The number of rotatable bonds is 4. The van der Waals surface area contributed by atoms with Crippen LogP contribution in [0.25, 0.3) is 0 Å². The molecule has 0 saturated carbocycles. The number of aliphatic hydroxyl groups is 1. The first kappa shape index (κ1) is 13.3. The molecular weight excluding hydrogens is 290 g/mol. The lowest BCUT2D eigenvalue weighted by Crippen LogP contribution is -2.37. The molecule has 2 aromatic carbocycles. The average Bonchev–Trinajstić information content (AvgIpc) is 2.42. The standard InChI is InChI=1S/C15H16BrNO/c16-14-8-6-12(7-9-14)10-15(18,11-17)13-4-2-1-3-5-13/h1-9,18H,10-11,17H2. The maximum Gasteiger partial charge on any atom is 0.106 e. The second kappa shape index (κ2) is 5.65. The lowest BCUT2D eigenvalue weighted by atomic mass is 9.87. The molecule has 2 rings (SSSR count). The van der Waals surface area contributed by atoms with Crippen LogP contribution in [0.3, 0.4) is 0 Å². The third-order valence-electron chi connectivity index (χ3n) is 3.06. The Morgan fingerprint density at radius 3 is 2.17 bits per heavy atom. The number of benzene rings is 2. The van der Waals surface area contributed by atoms with E-state index in [9.17, 15) is 5.11 Å². The number of hydrogen-bond acceptors (Lipinski definition) is 2. The van der Waals surface area contributed by atoms with Crippen LogP contribution in [0, 0.1) is 0 Å². The van der Waals surface area contributed by atoms with Gasteiger partial charge in [0.25, 0.3) is 0 Å². The van der Waals surface area contributed by atoms with E-state index in [4.69, 9.17) is 5.73 Å². The molecule has 2 nitrogen and oxygen atoms in total. The zero-order valence-corrected chi connectivity index (χ0v) is 11.6. The molecule has 0 aliphatic carbocycles. The summed E-state index contributed by atoms with van der Waals surface area (Å²) in [5, 5.41) is 10.7. The fraction of sp³-hybridized carbons (Fsp3) is 0.200. The predicted octanol–water partition coefficient (Wildman–Crippen LogP) is 2.84. The molecule has 94 valence electrons. The second-order valence-corrected chi connectivity index (χ2v) is 5.32. The van der Waals surface area contributed by atoms with Crippen molar-refractivity contribution in [2.75, 3.05) is 6.54 Å². The minimum absolute atomic E-state index is 0.201. The van der Waals surface area contributed by atoms with Crippen molar-refractivity contribution in [3.8, 4) is 0 Å². The molecule has 0 radical (unpaired) electrons. The first-order valence-corrected chi connectivity index (χ1v) is 6.66. The minimum Gasteiger partial charge on any atom is -0.383 e. The second-order valence-electron chi connectivity index (χ2n) is 4.40. The van der Waals surface area contributed by atoms with Gasteiger partial charge >= 0.3 is 0 Å². The van der Waals surface area contributed by atoms with E-state index in [1.165, 1.54) is 0 Å². The highest BCUT2D eigenvalue weighted by Gasteiger charge is 2.27. The predicted molar refractivity (Wildman–Crippen MR) is 77.2 cm³/mol. The molecule has 0 aliphatic rings. The largest absolute Gasteiger partial charge is 0.383 e. The molecule has 0 fully saturated rings. The molecule has 18 heavy (non-hydrogen) atoms. The Balaban J connectivity index is 2.26. The Labute approximate surface area is 116 Å². The molecule has 1 atom stereocenters. The quantitative estimate of drug-likeness (QED) is 0.912. The van der Waals surface area contributed by atoms with E-state index in [1.54, 1.807) is 0 Å². The lowest BCUT2D eigenvalue weighted by Gasteiger charge is -2.27. The smallest absolute Gasteiger partial charge is 0.106 e. The lowest BCUT2D eigenvalue weighted by molar-refractivity contribution is 0.0463. The first-order valence-electron chi connectivity index (χ1n) is 5.86. The molecule has 1 unspecified atom stereocenters. The van der Waals surface area contributed by atoms with Gasteiger partial charge in [0.2, 0.25) is 0 Å². The first-order chi connectivity index (χ1) is 8.64. The van der Waals surface area contributed by atoms with Gasteiger partial charge in [-0.3, -0.25) is 0 Å². The molecular formula is C15H16BrNO. The molecule has 0 bridgehead atoms. The Hall–Kier alpha value is -1.16. The third kappa shape index (κ3) is 2.99. The van der Waals surface area contributed by atoms with Crippen LogP contribution < -0.4 is 5.73 Å². The van der Waals surface area contributed by atoms with Crippen LogP contribution in [-0.4, -0.2) is 11.7 Å². The van der Waals surface area contributed by atoms with E-state index < -0.39 is 5.60 Å². The van der Waals surface area contributed by atoms with Crippen molar-refractivity contribution >= 4 is 15.9 Å². The van der Waals surface area contributed by atoms with Gasteiger partial charge in [0, 0.05) is 17.4 Å². The van der Waals surface area contributed by atoms with Gasteiger partial charge in [0.15, 0.2) is 0 Å². The molecule has 3 N–H and O–H groups in total. The highest BCUT2D eigenvalue weighted by atomic mass is 79.9. The van der Waals surface area contributed by atoms with Crippen LogP contribution in [0.1, 0.15) is 11.1 Å². The maximum atomic E-state index is 10.7. The fourth-order valence-corrected chi connectivity index (χ4v) is 2.24. The van der Waals surface area contributed by atoms with Crippen LogP contribution in [0.2, 0.25) is 0 Å². The highest BCUT2D eigenvalue weighted by Crippen LogP contribution is 2.25. The summed E-state index contributed by atoms with van der Waals surface area (Å²) >= 11 is 3.40. The van der Waals surface area contributed by atoms with E-state index in [0.717, 1.165) is 15.6 Å². The number of hydrogen-bond donors (Lipinski definition) is 2. The SMILES string of the molecule is NCC(O)(Cc1ccc(Br)cc1)c1ccccc1. The normalized spacial score (nSPS) is 14.2. The molecule has 0 heterocycles. The molecule has 3 heteroatoms. The van der Waals surface area contributed by atoms with E-state index in [0.29, 0.717) is 6.42 Å². The van der Waals surface area contributed by atoms with Crippen LogP contribution in [0.5, 0.6) is 0 Å². The van der Waals surface area contributed by atoms with Crippen molar-refractivity contribution in [2.45, 2.75) is 12.0 Å². The Morgan fingerprint density at radius 1 is 1.00 bits per heavy atom. The monoisotopic (exact) mass is 305 g/mol. The van der Waals surface area contributed by atoms with Gasteiger partial charge in [-0.15, -0.1) is 0 Å². The van der Waals surface area contributed by atoms with Gasteiger partial charge in [-0.05, 0) is 23.3 Å². The number of nitrogens with two attached hydrogens (primary N) is 1. The summed E-state index contributed by atoms with van der Waals surface area (Å²) in [4.78, 5) is 0. The summed E-state index contributed by atoms with van der Waals surface area (Å²) in [6, 6.07) is 17.5. The van der Waals surface area contributed by atoms with Crippen LogP contribution in [-0.2, 0) is 12.0 Å². The van der Waals surface area contributed by atoms with E-state index in [2.05, 4.69) is 15.9 Å². The Morgan fingerprint density at radius 2 is 1.61 bits per heavy atom. The summed E-state index contributed by atoms with van der Waals surface area (Å²) in [7, 11) is 0.